The molecule has 0 atom stereocenters. The fourth-order valence-corrected chi connectivity index (χ4v) is 5.79. The fourth-order valence-electron chi connectivity index (χ4n) is 4.19. The molecule has 3 aromatic rings. The lowest BCUT2D eigenvalue weighted by molar-refractivity contribution is -0.110. The number of nitrogens with one attached hydrogen (secondary N) is 2. The van der Waals surface area contributed by atoms with Crippen LogP contribution in [0.15, 0.2) is 72.8 Å². The highest BCUT2D eigenvalue weighted by Gasteiger charge is 2.33. The lowest BCUT2D eigenvalue weighted by Gasteiger charge is -2.18. The second-order valence-electron chi connectivity index (χ2n) is 8.35. The quantitative estimate of drug-likeness (QED) is 0.238. The molecule has 7 nitrogen and oxygen atoms in total. The van der Waals surface area contributed by atoms with Crippen LogP contribution < -0.4 is 21.7 Å². The lowest BCUT2D eigenvalue weighted by atomic mass is 10.00. The summed E-state index contributed by atoms with van der Waals surface area (Å²) in [5, 5.41) is 6.81. The average Bonchev–Trinajstić information content (AvgIpc) is 3.22. The van der Waals surface area contributed by atoms with Crippen molar-refractivity contribution in [2.24, 2.45) is 5.73 Å². The van der Waals surface area contributed by atoms with Gasteiger partial charge >= 0.3 is 7.60 Å². The van der Waals surface area contributed by atoms with E-state index in [1.807, 2.05) is 42.5 Å². The van der Waals surface area contributed by atoms with Crippen molar-refractivity contribution >= 4 is 41.5 Å². The van der Waals surface area contributed by atoms with E-state index in [1.54, 1.807) is 32.0 Å². The highest BCUT2D eigenvalue weighted by Crippen LogP contribution is 2.48. The van der Waals surface area contributed by atoms with Gasteiger partial charge in [-0.05, 0) is 74.7 Å². The Labute approximate surface area is 212 Å². The fraction of sp³-hybridized carbons (Fsp3) is 0.250. The molecule has 188 valence electrons. The molecule has 0 spiro atoms. The Morgan fingerprint density at radius 3 is 2.31 bits per heavy atom. The minimum Gasteiger partial charge on any atom is -0.354 e. The van der Waals surface area contributed by atoms with E-state index in [0.29, 0.717) is 34.4 Å². The highest BCUT2D eigenvalue weighted by molar-refractivity contribution is 7.62. The maximum Gasteiger partial charge on any atom is 0.361 e. The third-order valence-corrected chi connectivity index (χ3v) is 7.97. The van der Waals surface area contributed by atoms with Crippen LogP contribution in [0.2, 0.25) is 0 Å². The highest BCUT2D eigenvalue weighted by atomic mass is 31.2. The average molecular weight is 506 g/mol. The van der Waals surface area contributed by atoms with Gasteiger partial charge in [-0.2, -0.15) is 0 Å². The number of benzene rings is 3. The molecular formula is C28H32N3O4P. The van der Waals surface area contributed by atoms with Crippen LogP contribution in [0.25, 0.3) is 11.3 Å². The van der Waals surface area contributed by atoms with Gasteiger partial charge in [0.2, 0.25) is 0 Å². The zero-order valence-electron chi connectivity index (χ0n) is 20.6. The van der Waals surface area contributed by atoms with Crippen LogP contribution in [0.5, 0.6) is 0 Å². The number of amides is 1. The summed E-state index contributed by atoms with van der Waals surface area (Å²) in [5.41, 5.74) is 11.0. The number of anilines is 2. The molecule has 4 rings (SSSR count). The van der Waals surface area contributed by atoms with Crippen molar-refractivity contribution in [3.63, 3.8) is 0 Å². The van der Waals surface area contributed by atoms with E-state index in [2.05, 4.69) is 22.8 Å². The molecule has 1 aliphatic heterocycles. The van der Waals surface area contributed by atoms with E-state index in [9.17, 15) is 9.36 Å². The molecule has 1 amide bonds. The Morgan fingerprint density at radius 2 is 1.67 bits per heavy atom. The SMILES string of the molecule is CCOP(=O)(OCC)c1ccc2c(c1)/C(=C(/Nc1ccc(CCCN)cc1)c1ccccc1)C(=O)N2. The van der Waals surface area contributed by atoms with Crippen LogP contribution in [-0.4, -0.2) is 25.7 Å². The molecule has 1 heterocycles. The molecule has 0 bridgehead atoms. The smallest absolute Gasteiger partial charge is 0.354 e. The van der Waals surface area contributed by atoms with Gasteiger partial charge in [0.25, 0.3) is 5.91 Å². The molecule has 0 saturated heterocycles. The molecule has 0 saturated carbocycles. The van der Waals surface area contributed by atoms with E-state index >= 15 is 0 Å². The Bertz CT molecular complexity index is 1280. The number of carbonyl (C=O) groups is 1. The standard InChI is InChI=1S/C28H32N3O4P/c1-3-34-36(33,35-4-2)23-16-17-25-24(19-23)26(28(32)31-25)27(21-10-6-5-7-11-21)30-22-14-12-20(13-15-22)9-8-18-29/h5-7,10-17,19,30H,3-4,8-9,18,29H2,1-2H3,(H,31,32)/b27-26-. The number of rotatable bonds is 11. The van der Waals surface area contributed by atoms with E-state index in [0.717, 1.165) is 24.1 Å². The van der Waals surface area contributed by atoms with Gasteiger partial charge < -0.3 is 25.4 Å². The number of aryl methyl sites for hydroxylation is 1. The van der Waals surface area contributed by atoms with Crippen LogP contribution in [0.1, 0.15) is 37.0 Å². The van der Waals surface area contributed by atoms with Crippen LogP contribution in [0.4, 0.5) is 11.4 Å². The van der Waals surface area contributed by atoms with Crippen LogP contribution in [0.3, 0.4) is 0 Å². The minimum atomic E-state index is -3.52. The molecule has 0 unspecified atom stereocenters. The van der Waals surface area contributed by atoms with Crippen molar-refractivity contribution in [3.05, 3.63) is 89.5 Å². The van der Waals surface area contributed by atoms with Gasteiger partial charge in [0.15, 0.2) is 0 Å². The third-order valence-electron chi connectivity index (χ3n) is 5.87. The van der Waals surface area contributed by atoms with Gasteiger partial charge in [-0.25, -0.2) is 0 Å². The molecule has 36 heavy (non-hydrogen) atoms. The summed E-state index contributed by atoms with van der Waals surface area (Å²) in [7, 11) is -3.52. The van der Waals surface area contributed by atoms with Gasteiger partial charge in [-0.3, -0.25) is 9.36 Å². The van der Waals surface area contributed by atoms with Crippen molar-refractivity contribution in [1.82, 2.24) is 0 Å². The summed E-state index contributed by atoms with van der Waals surface area (Å²) < 4.78 is 24.5. The first-order chi connectivity index (χ1) is 17.5. The Balaban J connectivity index is 1.81. The molecule has 0 radical (unpaired) electrons. The molecule has 3 aromatic carbocycles. The largest absolute Gasteiger partial charge is 0.361 e. The summed E-state index contributed by atoms with van der Waals surface area (Å²) in [6, 6.07) is 23.0. The van der Waals surface area contributed by atoms with Crippen molar-refractivity contribution in [2.45, 2.75) is 26.7 Å². The van der Waals surface area contributed by atoms with Gasteiger partial charge in [-0.15, -0.1) is 0 Å². The summed E-state index contributed by atoms with van der Waals surface area (Å²) in [6.07, 6.45) is 1.85. The van der Waals surface area contributed by atoms with Gasteiger partial charge in [-0.1, -0.05) is 42.5 Å². The summed E-state index contributed by atoms with van der Waals surface area (Å²) in [4.78, 5) is 13.3. The number of hydrogen-bond donors (Lipinski definition) is 3. The molecular weight excluding hydrogens is 473 g/mol. The van der Waals surface area contributed by atoms with Gasteiger partial charge in [0.1, 0.15) is 0 Å². The first kappa shape index (κ1) is 25.9. The van der Waals surface area contributed by atoms with Crippen molar-refractivity contribution in [3.8, 4) is 0 Å². The van der Waals surface area contributed by atoms with Crippen LogP contribution in [-0.2, 0) is 24.8 Å². The second-order valence-corrected chi connectivity index (χ2v) is 10.4. The first-order valence-electron chi connectivity index (χ1n) is 12.2. The molecule has 1 aliphatic rings. The number of carbonyl (C=O) groups excluding carboxylic acids is 1. The van der Waals surface area contributed by atoms with Crippen molar-refractivity contribution in [2.75, 3.05) is 30.4 Å². The molecule has 0 fully saturated rings. The molecule has 8 heteroatoms. The predicted octanol–water partition coefficient (Wildman–Crippen LogP) is 5.40. The maximum absolute atomic E-state index is 13.5. The maximum atomic E-state index is 13.5. The first-order valence-corrected chi connectivity index (χ1v) is 13.7. The Hall–Kier alpha value is -3.22. The normalized spacial score (nSPS) is 14.4. The molecule has 0 aromatic heterocycles. The molecule has 0 aliphatic carbocycles. The van der Waals surface area contributed by atoms with E-state index < -0.39 is 7.60 Å². The van der Waals surface area contributed by atoms with Crippen molar-refractivity contribution < 1.29 is 18.4 Å². The van der Waals surface area contributed by atoms with Crippen LogP contribution in [0, 0.1) is 0 Å². The van der Waals surface area contributed by atoms with Gasteiger partial charge in [0.05, 0.1) is 29.8 Å². The summed E-state index contributed by atoms with van der Waals surface area (Å²) >= 11 is 0. The van der Waals surface area contributed by atoms with Gasteiger partial charge in [0, 0.05) is 16.9 Å². The predicted molar refractivity (Wildman–Crippen MR) is 146 cm³/mol. The van der Waals surface area contributed by atoms with Crippen LogP contribution >= 0.6 is 7.60 Å². The van der Waals surface area contributed by atoms with E-state index in [1.165, 1.54) is 5.56 Å². The number of nitrogens with two attached hydrogens (primary N) is 1. The number of fused-ring (bicyclic) bond motifs is 1. The summed E-state index contributed by atoms with van der Waals surface area (Å²) in [5.74, 6) is -0.240. The topological polar surface area (TPSA) is 103 Å². The third kappa shape index (κ3) is 5.61. The van der Waals surface area contributed by atoms with E-state index in [4.69, 9.17) is 14.8 Å². The zero-order valence-corrected chi connectivity index (χ0v) is 21.5. The molecule has 4 N–H and O–H groups in total. The zero-order chi connectivity index (χ0) is 25.5. The number of hydrogen-bond acceptors (Lipinski definition) is 6. The lowest BCUT2D eigenvalue weighted by Crippen LogP contribution is -2.12. The Kier molecular flexibility index (Phi) is 8.39. The monoisotopic (exact) mass is 505 g/mol. The minimum absolute atomic E-state index is 0.240. The summed E-state index contributed by atoms with van der Waals surface area (Å²) in [6.45, 7) is 4.68. The van der Waals surface area contributed by atoms with E-state index in [-0.39, 0.29) is 19.1 Å². The Morgan fingerprint density at radius 1 is 0.972 bits per heavy atom. The second kappa shape index (κ2) is 11.7. The van der Waals surface area contributed by atoms with Crippen molar-refractivity contribution in [1.29, 1.82) is 0 Å².